The highest BCUT2D eigenvalue weighted by atomic mass is 35.5. The third-order valence-corrected chi connectivity index (χ3v) is 4.80. The van der Waals surface area contributed by atoms with Crippen LogP contribution in [0, 0.1) is 5.82 Å². The molecule has 0 fully saturated rings. The second-order valence-corrected chi connectivity index (χ2v) is 6.89. The molecule has 0 bridgehead atoms. The van der Waals surface area contributed by atoms with Crippen LogP contribution in [0.4, 0.5) is 10.1 Å². The van der Waals surface area contributed by atoms with Crippen molar-refractivity contribution < 1.29 is 9.18 Å². The van der Waals surface area contributed by atoms with Crippen LogP contribution in [0.1, 0.15) is 12.8 Å². The van der Waals surface area contributed by atoms with E-state index >= 15 is 0 Å². The Morgan fingerprint density at radius 3 is 2.85 bits per heavy atom. The van der Waals surface area contributed by atoms with E-state index in [1.54, 1.807) is 17.4 Å². The molecule has 2 aromatic heterocycles. The molecule has 0 saturated heterocycles. The molecule has 0 aliphatic carbocycles. The lowest BCUT2D eigenvalue weighted by Crippen LogP contribution is -2.23. The van der Waals surface area contributed by atoms with Crippen LogP contribution >= 0.6 is 22.9 Å². The molecule has 0 aliphatic rings. The van der Waals surface area contributed by atoms with Gasteiger partial charge in [0.1, 0.15) is 11.5 Å². The van der Waals surface area contributed by atoms with Gasteiger partial charge in [0.05, 0.1) is 9.90 Å². The molecule has 8 heteroatoms. The summed E-state index contributed by atoms with van der Waals surface area (Å²) in [5.74, 6) is -0.782. The molecule has 134 valence electrons. The average molecular weight is 392 g/mol. The van der Waals surface area contributed by atoms with Gasteiger partial charge in [-0.25, -0.2) is 9.07 Å². The molecule has 3 aromatic rings. The highest BCUT2D eigenvalue weighted by Gasteiger charge is 2.08. The smallest absolute Gasteiger partial charge is 0.266 e. The first kappa shape index (κ1) is 18.3. The summed E-state index contributed by atoms with van der Waals surface area (Å²) in [7, 11) is 0. The van der Waals surface area contributed by atoms with Crippen molar-refractivity contribution in [3.63, 3.8) is 0 Å². The zero-order chi connectivity index (χ0) is 18.5. The second-order valence-electron chi connectivity index (χ2n) is 5.54. The Balaban J connectivity index is 1.57. The van der Waals surface area contributed by atoms with Gasteiger partial charge >= 0.3 is 0 Å². The van der Waals surface area contributed by atoms with Crippen LogP contribution in [-0.2, 0) is 11.3 Å². The second kappa shape index (κ2) is 8.25. The maximum Gasteiger partial charge on any atom is 0.266 e. The molecule has 3 rings (SSSR count). The SMILES string of the molecule is O=C(CCCn1nc(-c2cccs2)ccc1=O)Nc1ccc(F)c(Cl)c1. The molecule has 5 nitrogen and oxygen atoms in total. The van der Waals surface area contributed by atoms with Crippen molar-refractivity contribution in [2.24, 2.45) is 0 Å². The van der Waals surface area contributed by atoms with Crippen LogP contribution in [-0.4, -0.2) is 15.7 Å². The normalized spacial score (nSPS) is 10.7. The van der Waals surface area contributed by atoms with Crippen LogP contribution in [0.2, 0.25) is 5.02 Å². The van der Waals surface area contributed by atoms with Crippen molar-refractivity contribution in [2.45, 2.75) is 19.4 Å². The van der Waals surface area contributed by atoms with Crippen LogP contribution in [0.3, 0.4) is 0 Å². The lowest BCUT2D eigenvalue weighted by molar-refractivity contribution is -0.116. The van der Waals surface area contributed by atoms with Crippen LogP contribution < -0.4 is 10.9 Å². The van der Waals surface area contributed by atoms with E-state index in [1.165, 1.54) is 28.9 Å². The summed E-state index contributed by atoms with van der Waals surface area (Å²) in [5.41, 5.74) is 0.942. The molecule has 1 N–H and O–H groups in total. The number of thiophene rings is 1. The Kier molecular flexibility index (Phi) is 5.80. The molecule has 26 heavy (non-hydrogen) atoms. The van der Waals surface area contributed by atoms with Crippen molar-refractivity contribution >= 4 is 34.5 Å². The number of hydrogen-bond acceptors (Lipinski definition) is 4. The van der Waals surface area contributed by atoms with E-state index in [1.807, 2.05) is 17.5 Å². The van der Waals surface area contributed by atoms with E-state index in [-0.39, 0.29) is 22.9 Å². The zero-order valence-corrected chi connectivity index (χ0v) is 15.2. The Morgan fingerprint density at radius 2 is 2.12 bits per heavy atom. The first-order valence-electron chi connectivity index (χ1n) is 7.90. The minimum atomic E-state index is -0.541. The number of hydrogen-bond donors (Lipinski definition) is 1. The zero-order valence-electron chi connectivity index (χ0n) is 13.6. The number of amides is 1. The minimum absolute atomic E-state index is 0.0519. The summed E-state index contributed by atoms with van der Waals surface area (Å²) in [4.78, 5) is 24.9. The molecular formula is C18H15ClFN3O2S. The van der Waals surface area contributed by atoms with E-state index in [2.05, 4.69) is 10.4 Å². The summed E-state index contributed by atoms with van der Waals surface area (Å²) in [6.45, 7) is 0.329. The maximum absolute atomic E-state index is 13.1. The monoisotopic (exact) mass is 391 g/mol. The number of halogens is 2. The van der Waals surface area contributed by atoms with Crippen molar-refractivity contribution in [2.75, 3.05) is 5.32 Å². The van der Waals surface area contributed by atoms with Gasteiger partial charge < -0.3 is 5.32 Å². The van der Waals surface area contributed by atoms with Gasteiger partial charge in [-0.05, 0) is 42.1 Å². The topological polar surface area (TPSA) is 64.0 Å². The van der Waals surface area contributed by atoms with Crippen molar-refractivity contribution in [1.29, 1.82) is 0 Å². The van der Waals surface area contributed by atoms with Crippen LogP contribution in [0.15, 0.2) is 52.6 Å². The van der Waals surface area contributed by atoms with Gasteiger partial charge in [-0.15, -0.1) is 11.3 Å². The first-order valence-corrected chi connectivity index (χ1v) is 9.15. The highest BCUT2D eigenvalue weighted by molar-refractivity contribution is 7.13. The lowest BCUT2D eigenvalue weighted by Gasteiger charge is -2.08. The summed E-state index contributed by atoms with van der Waals surface area (Å²) in [6.07, 6.45) is 0.647. The molecular weight excluding hydrogens is 377 g/mol. The predicted octanol–water partition coefficient (Wildman–Crippen LogP) is 4.18. The average Bonchev–Trinajstić information content (AvgIpc) is 3.14. The largest absolute Gasteiger partial charge is 0.326 e. The fourth-order valence-electron chi connectivity index (χ4n) is 2.35. The third kappa shape index (κ3) is 4.56. The molecule has 0 spiro atoms. The number of rotatable bonds is 6. The molecule has 0 aliphatic heterocycles. The fourth-order valence-corrected chi connectivity index (χ4v) is 3.22. The number of benzene rings is 1. The molecule has 1 amide bonds. The predicted molar refractivity (Wildman–Crippen MR) is 101 cm³/mol. The van der Waals surface area contributed by atoms with E-state index in [4.69, 9.17) is 11.6 Å². The third-order valence-electron chi connectivity index (χ3n) is 3.62. The van der Waals surface area contributed by atoms with Crippen molar-refractivity contribution in [1.82, 2.24) is 9.78 Å². The van der Waals surface area contributed by atoms with Gasteiger partial charge in [0, 0.05) is 24.7 Å². The van der Waals surface area contributed by atoms with Gasteiger partial charge in [-0.1, -0.05) is 17.7 Å². The van der Waals surface area contributed by atoms with Crippen LogP contribution in [0.5, 0.6) is 0 Å². The van der Waals surface area contributed by atoms with Gasteiger partial charge in [-0.3, -0.25) is 9.59 Å². The number of aromatic nitrogens is 2. The van der Waals surface area contributed by atoms with Crippen LogP contribution in [0.25, 0.3) is 10.6 Å². The number of carbonyl (C=O) groups excluding carboxylic acids is 1. The van der Waals surface area contributed by atoms with E-state index in [0.717, 1.165) is 10.6 Å². The molecule has 0 unspecified atom stereocenters. The molecule has 2 heterocycles. The number of anilines is 1. The van der Waals surface area contributed by atoms with E-state index < -0.39 is 5.82 Å². The molecule has 0 radical (unpaired) electrons. The Morgan fingerprint density at radius 1 is 1.27 bits per heavy atom. The number of carbonyl (C=O) groups is 1. The molecule has 1 aromatic carbocycles. The molecule has 0 saturated carbocycles. The first-order chi connectivity index (χ1) is 12.5. The highest BCUT2D eigenvalue weighted by Crippen LogP contribution is 2.21. The Bertz CT molecular complexity index is 973. The maximum atomic E-state index is 13.1. The number of aryl methyl sites for hydroxylation is 1. The van der Waals surface area contributed by atoms with E-state index in [9.17, 15) is 14.0 Å². The number of nitrogens with one attached hydrogen (secondary N) is 1. The fraction of sp³-hybridized carbons (Fsp3) is 0.167. The van der Waals surface area contributed by atoms with Gasteiger partial charge in [0.25, 0.3) is 5.56 Å². The van der Waals surface area contributed by atoms with Gasteiger partial charge in [-0.2, -0.15) is 5.10 Å². The summed E-state index contributed by atoms with van der Waals surface area (Å²) in [6, 6.07) is 11.0. The summed E-state index contributed by atoms with van der Waals surface area (Å²) < 4.78 is 14.5. The Labute approximate surface area is 158 Å². The van der Waals surface area contributed by atoms with Crippen molar-refractivity contribution in [3.05, 3.63) is 69.0 Å². The Hall–Kier alpha value is -2.51. The quantitative estimate of drug-likeness (QED) is 0.685. The van der Waals surface area contributed by atoms with Crippen molar-refractivity contribution in [3.8, 4) is 10.6 Å². The molecule has 0 atom stereocenters. The van der Waals surface area contributed by atoms with Gasteiger partial charge in [0.15, 0.2) is 0 Å². The standard InChI is InChI=1S/C18H15ClFN3O2S/c19-13-11-12(5-6-14(13)20)21-17(24)4-1-9-23-18(25)8-7-15(22-23)16-3-2-10-26-16/h2-3,5-8,10-11H,1,4,9H2,(H,21,24). The summed E-state index contributed by atoms with van der Waals surface area (Å²) in [5, 5.41) is 8.88. The lowest BCUT2D eigenvalue weighted by atomic mass is 10.2. The van der Waals surface area contributed by atoms with Gasteiger partial charge in [0.2, 0.25) is 5.91 Å². The number of nitrogens with zero attached hydrogens (tertiary/aromatic N) is 2. The summed E-state index contributed by atoms with van der Waals surface area (Å²) >= 11 is 7.23. The van der Waals surface area contributed by atoms with E-state index in [0.29, 0.717) is 18.7 Å². The minimum Gasteiger partial charge on any atom is -0.326 e.